The Morgan fingerprint density at radius 3 is 2.55 bits per heavy atom. The molecule has 0 radical (unpaired) electrons. The van der Waals surface area contributed by atoms with Gasteiger partial charge in [-0.3, -0.25) is 14.2 Å². The van der Waals surface area contributed by atoms with Crippen LogP contribution in [0.2, 0.25) is 0 Å². The Hall–Kier alpha value is -1.82. The van der Waals surface area contributed by atoms with Gasteiger partial charge in [-0.05, 0) is 33.6 Å². The molecule has 2 N–H and O–H groups in total. The Morgan fingerprint density at radius 2 is 1.90 bits per heavy atom. The molecule has 1 aliphatic rings. The summed E-state index contributed by atoms with van der Waals surface area (Å²) in [4.78, 5) is 32.2. The molecule has 31 heavy (non-hydrogen) atoms. The number of hydrogen-bond donors (Lipinski definition) is 2. The van der Waals surface area contributed by atoms with Gasteiger partial charge in [0.25, 0.3) is 5.56 Å². The summed E-state index contributed by atoms with van der Waals surface area (Å²) in [6, 6.07) is 0. The first-order valence-corrected chi connectivity index (χ1v) is 13.1. The lowest BCUT2D eigenvalue weighted by atomic mass is 10.2. The lowest BCUT2D eigenvalue weighted by Crippen LogP contribution is -3.12. The summed E-state index contributed by atoms with van der Waals surface area (Å²) in [5.74, 6) is -0.290. The van der Waals surface area contributed by atoms with Crippen molar-refractivity contribution < 1.29 is 18.1 Å². The number of nitrogens with zero attached hydrogens (tertiary/aromatic N) is 3. The van der Waals surface area contributed by atoms with Gasteiger partial charge >= 0.3 is 0 Å². The first-order valence-electron chi connectivity index (χ1n) is 10.9. The second kappa shape index (κ2) is 10.2. The summed E-state index contributed by atoms with van der Waals surface area (Å²) in [6.45, 7) is 9.94. The number of carbonyl (C=O) groups is 1. The zero-order valence-corrected chi connectivity index (χ0v) is 20.1. The third-order valence-electron chi connectivity index (χ3n) is 5.83. The summed E-state index contributed by atoms with van der Waals surface area (Å²) in [5, 5.41) is 2.93. The van der Waals surface area contributed by atoms with Gasteiger partial charge < -0.3 is 10.2 Å². The standard InChI is InChI=1S/C20H31N5O4S2/c1-4-23(5-2)12-9-21-16(26)13-24-14-22-19-17(20(24)27)18(15(3)30-19)31(28,29)25-10-7-6-8-11-25/h14H,4-13H2,1-3H3,(H,21,26)/p+1. The molecule has 11 heteroatoms. The van der Waals surface area contributed by atoms with Crippen LogP contribution in [0.4, 0.5) is 0 Å². The van der Waals surface area contributed by atoms with Crippen LogP contribution in [0.3, 0.4) is 0 Å². The SMILES string of the molecule is CC[NH+](CC)CCNC(=O)Cn1cnc2sc(C)c(S(=O)(=O)N3CCCCC3)c2c1=O. The highest BCUT2D eigenvalue weighted by Crippen LogP contribution is 2.33. The molecule has 3 rings (SSSR count). The molecule has 0 atom stereocenters. The molecule has 0 aliphatic carbocycles. The summed E-state index contributed by atoms with van der Waals surface area (Å²) in [5.41, 5.74) is -0.491. The number of aryl methyl sites for hydroxylation is 1. The van der Waals surface area contributed by atoms with Crippen molar-refractivity contribution in [3.05, 3.63) is 21.6 Å². The second-order valence-corrected chi connectivity index (χ2v) is 10.9. The van der Waals surface area contributed by atoms with Crippen molar-refractivity contribution in [2.75, 3.05) is 39.3 Å². The van der Waals surface area contributed by atoms with E-state index >= 15 is 0 Å². The van der Waals surface area contributed by atoms with Crippen molar-refractivity contribution >= 4 is 37.5 Å². The molecular formula is C20H32N5O4S2+. The van der Waals surface area contributed by atoms with Crippen LogP contribution in [0.25, 0.3) is 10.2 Å². The average molecular weight is 471 g/mol. The Kier molecular flexibility index (Phi) is 7.84. The number of amides is 1. The molecule has 1 aliphatic heterocycles. The fourth-order valence-corrected chi connectivity index (χ4v) is 7.15. The van der Waals surface area contributed by atoms with E-state index in [1.807, 2.05) is 0 Å². The number of sulfonamides is 1. The molecule has 0 spiro atoms. The highest BCUT2D eigenvalue weighted by Gasteiger charge is 2.32. The van der Waals surface area contributed by atoms with Gasteiger partial charge in [0.05, 0.1) is 37.9 Å². The van der Waals surface area contributed by atoms with Gasteiger partial charge in [-0.25, -0.2) is 13.4 Å². The van der Waals surface area contributed by atoms with Crippen LogP contribution >= 0.6 is 11.3 Å². The minimum atomic E-state index is -3.79. The number of thiophene rings is 1. The van der Waals surface area contributed by atoms with Gasteiger partial charge in [-0.15, -0.1) is 11.3 Å². The van der Waals surface area contributed by atoms with Crippen molar-refractivity contribution in [1.82, 2.24) is 19.2 Å². The highest BCUT2D eigenvalue weighted by molar-refractivity contribution is 7.89. The third kappa shape index (κ3) is 5.16. The molecule has 1 amide bonds. The molecule has 2 aromatic rings. The number of fused-ring (bicyclic) bond motifs is 1. The predicted octanol–water partition coefficient (Wildman–Crippen LogP) is -0.0181. The molecule has 0 unspecified atom stereocenters. The molecule has 0 aromatic carbocycles. The molecule has 172 valence electrons. The van der Waals surface area contributed by atoms with Crippen LogP contribution in [0, 0.1) is 6.92 Å². The number of carbonyl (C=O) groups excluding carboxylic acids is 1. The van der Waals surface area contributed by atoms with Crippen LogP contribution in [-0.4, -0.2) is 67.4 Å². The Labute approximate surface area is 187 Å². The van der Waals surface area contributed by atoms with Crippen molar-refractivity contribution in [3.8, 4) is 0 Å². The first kappa shape index (κ1) is 23.8. The smallest absolute Gasteiger partial charge is 0.263 e. The van der Waals surface area contributed by atoms with Gasteiger partial charge in [-0.2, -0.15) is 4.31 Å². The Balaban J connectivity index is 1.85. The van der Waals surface area contributed by atoms with E-state index in [-0.39, 0.29) is 22.7 Å². The van der Waals surface area contributed by atoms with Crippen LogP contribution in [0.15, 0.2) is 16.0 Å². The average Bonchev–Trinajstić information content (AvgIpc) is 3.11. The maximum Gasteiger partial charge on any atom is 0.263 e. The van der Waals surface area contributed by atoms with Gasteiger partial charge in [0.2, 0.25) is 15.9 Å². The Bertz CT molecular complexity index is 1080. The minimum Gasteiger partial charge on any atom is -0.349 e. The second-order valence-electron chi connectivity index (χ2n) is 7.87. The minimum absolute atomic E-state index is 0.0480. The van der Waals surface area contributed by atoms with Gasteiger partial charge in [0, 0.05) is 18.0 Å². The highest BCUT2D eigenvalue weighted by atomic mass is 32.2. The van der Waals surface area contributed by atoms with Crippen molar-refractivity contribution in [2.24, 2.45) is 0 Å². The third-order valence-corrected chi connectivity index (χ3v) is 9.04. The van der Waals surface area contributed by atoms with E-state index in [9.17, 15) is 18.0 Å². The van der Waals surface area contributed by atoms with E-state index in [0.29, 0.717) is 29.3 Å². The topological polar surface area (TPSA) is 106 Å². The van der Waals surface area contributed by atoms with Crippen LogP contribution < -0.4 is 15.8 Å². The summed E-state index contributed by atoms with van der Waals surface area (Å²) >= 11 is 1.20. The number of hydrogen-bond acceptors (Lipinski definition) is 6. The summed E-state index contributed by atoms with van der Waals surface area (Å²) < 4.78 is 29.3. The van der Waals surface area contributed by atoms with E-state index in [0.717, 1.165) is 38.9 Å². The monoisotopic (exact) mass is 470 g/mol. The summed E-state index contributed by atoms with van der Waals surface area (Å²) in [7, 11) is -3.79. The zero-order chi connectivity index (χ0) is 22.6. The maximum atomic E-state index is 13.3. The number of quaternary nitrogens is 1. The van der Waals surface area contributed by atoms with Crippen LogP contribution in [-0.2, 0) is 21.4 Å². The van der Waals surface area contributed by atoms with Crippen molar-refractivity contribution in [1.29, 1.82) is 0 Å². The molecule has 0 saturated carbocycles. The van der Waals surface area contributed by atoms with Gasteiger partial charge in [0.15, 0.2) is 0 Å². The van der Waals surface area contributed by atoms with Gasteiger partial charge in [0.1, 0.15) is 16.3 Å². The number of nitrogens with one attached hydrogen (secondary N) is 2. The molecule has 0 bridgehead atoms. The van der Waals surface area contributed by atoms with Crippen molar-refractivity contribution in [3.63, 3.8) is 0 Å². The lowest BCUT2D eigenvalue weighted by Gasteiger charge is -2.25. The largest absolute Gasteiger partial charge is 0.349 e. The van der Waals surface area contributed by atoms with Gasteiger partial charge in [-0.1, -0.05) is 6.42 Å². The fourth-order valence-electron chi connectivity index (χ4n) is 3.96. The maximum absolute atomic E-state index is 13.3. The summed E-state index contributed by atoms with van der Waals surface area (Å²) in [6.07, 6.45) is 3.97. The van der Waals surface area contributed by atoms with Crippen molar-refractivity contribution in [2.45, 2.75) is 51.5 Å². The number of rotatable bonds is 9. The van der Waals surface area contributed by atoms with E-state index in [4.69, 9.17) is 0 Å². The first-order chi connectivity index (χ1) is 14.8. The van der Waals surface area contributed by atoms with E-state index in [2.05, 4.69) is 24.1 Å². The van der Waals surface area contributed by atoms with E-state index < -0.39 is 15.6 Å². The normalized spacial score (nSPS) is 15.6. The molecule has 2 aromatic heterocycles. The van der Waals surface area contributed by atoms with Crippen LogP contribution in [0.5, 0.6) is 0 Å². The number of likely N-dealkylation sites (N-methyl/N-ethyl adjacent to an activating group) is 1. The van der Waals surface area contributed by atoms with Crippen LogP contribution in [0.1, 0.15) is 38.0 Å². The predicted molar refractivity (Wildman–Crippen MR) is 121 cm³/mol. The molecular weight excluding hydrogens is 438 g/mol. The molecule has 9 nitrogen and oxygen atoms in total. The Morgan fingerprint density at radius 1 is 1.23 bits per heavy atom. The molecule has 1 fully saturated rings. The molecule has 3 heterocycles. The number of aromatic nitrogens is 2. The quantitative estimate of drug-likeness (QED) is 0.536. The van der Waals surface area contributed by atoms with E-state index in [1.54, 1.807) is 6.92 Å². The zero-order valence-electron chi connectivity index (χ0n) is 18.4. The van der Waals surface area contributed by atoms with E-state index in [1.165, 1.54) is 31.4 Å². The number of piperidine rings is 1. The fraction of sp³-hybridized carbons (Fsp3) is 0.650. The molecule has 1 saturated heterocycles. The lowest BCUT2D eigenvalue weighted by molar-refractivity contribution is -0.895.